The van der Waals surface area contributed by atoms with Crippen LogP contribution in [0.15, 0.2) is 30.3 Å². The van der Waals surface area contributed by atoms with Crippen molar-refractivity contribution >= 4 is 21.9 Å². The van der Waals surface area contributed by atoms with E-state index in [2.05, 4.69) is 0 Å². The van der Waals surface area contributed by atoms with Crippen LogP contribution in [-0.4, -0.2) is 38.1 Å². The van der Waals surface area contributed by atoms with E-state index in [9.17, 15) is 13.2 Å². The van der Waals surface area contributed by atoms with Gasteiger partial charge in [0.1, 0.15) is 15.6 Å². The summed E-state index contributed by atoms with van der Waals surface area (Å²) in [5.74, 6) is -0.341. The number of ether oxygens (including phenoxy) is 1. The van der Waals surface area contributed by atoms with Gasteiger partial charge in [-0.1, -0.05) is 12.1 Å². The molecule has 0 spiro atoms. The number of sulfone groups is 1. The molecular formula is C13H16O5S. The van der Waals surface area contributed by atoms with Crippen LogP contribution >= 0.6 is 0 Å². The van der Waals surface area contributed by atoms with Crippen molar-refractivity contribution in [3.05, 3.63) is 35.9 Å². The van der Waals surface area contributed by atoms with E-state index in [1.807, 2.05) is 0 Å². The van der Waals surface area contributed by atoms with Crippen LogP contribution in [0.2, 0.25) is 0 Å². The number of carboxylic acids is 1. The van der Waals surface area contributed by atoms with Gasteiger partial charge < -0.3 is 9.84 Å². The predicted molar refractivity (Wildman–Crippen MR) is 72.9 cm³/mol. The van der Waals surface area contributed by atoms with Gasteiger partial charge in [0.15, 0.2) is 0 Å². The molecule has 0 radical (unpaired) electrons. The fourth-order valence-electron chi connectivity index (χ4n) is 1.39. The van der Waals surface area contributed by atoms with Gasteiger partial charge in [-0.25, -0.2) is 13.2 Å². The largest absolute Gasteiger partial charge is 0.494 e. The van der Waals surface area contributed by atoms with Crippen molar-refractivity contribution in [3.63, 3.8) is 0 Å². The van der Waals surface area contributed by atoms with Gasteiger partial charge >= 0.3 is 5.97 Å². The van der Waals surface area contributed by atoms with Crippen LogP contribution in [0.4, 0.5) is 0 Å². The van der Waals surface area contributed by atoms with Gasteiger partial charge in [-0.05, 0) is 30.2 Å². The lowest BCUT2D eigenvalue weighted by molar-refractivity contribution is -0.131. The van der Waals surface area contributed by atoms with Crippen molar-refractivity contribution in [1.29, 1.82) is 0 Å². The highest BCUT2D eigenvalue weighted by atomic mass is 32.2. The summed E-state index contributed by atoms with van der Waals surface area (Å²) in [5.41, 5.74) is 0.711. The number of carbonyl (C=O) groups is 1. The van der Waals surface area contributed by atoms with Crippen LogP contribution in [0.25, 0.3) is 6.08 Å². The number of aliphatic carboxylic acids is 1. The van der Waals surface area contributed by atoms with Gasteiger partial charge in [0, 0.05) is 12.3 Å². The lowest BCUT2D eigenvalue weighted by Crippen LogP contribution is -2.07. The zero-order valence-corrected chi connectivity index (χ0v) is 11.4. The molecule has 0 amide bonds. The minimum Gasteiger partial charge on any atom is -0.494 e. The van der Waals surface area contributed by atoms with Gasteiger partial charge in [0.2, 0.25) is 0 Å². The maximum Gasteiger partial charge on any atom is 0.328 e. The fourth-order valence-corrected chi connectivity index (χ4v) is 2.03. The minimum absolute atomic E-state index is 0.0889. The first-order valence-corrected chi connectivity index (χ1v) is 7.74. The molecule has 1 N–H and O–H groups in total. The average molecular weight is 284 g/mol. The molecule has 0 heterocycles. The second-order valence-electron chi connectivity index (χ2n) is 4.08. The first-order chi connectivity index (χ1) is 8.87. The average Bonchev–Trinajstić information content (AvgIpc) is 2.32. The third-order valence-corrected chi connectivity index (χ3v) is 3.23. The standard InChI is InChI=1S/C13H16O5S/c1-19(16,17)9-3-8-18-12-5-2-4-11(10-12)6-7-13(14)15/h2,4-7,10H,3,8-9H2,1H3,(H,14,15). The molecule has 19 heavy (non-hydrogen) atoms. The quantitative estimate of drug-likeness (QED) is 0.607. The molecule has 0 aliphatic carbocycles. The zero-order valence-electron chi connectivity index (χ0n) is 10.6. The molecule has 0 saturated carbocycles. The lowest BCUT2D eigenvalue weighted by atomic mass is 10.2. The third kappa shape index (κ3) is 7.25. The Kier molecular flexibility index (Phi) is 5.57. The van der Waals surface area contributed by atoms with Crippen LogP contribution in [0, 0.1) is 0 Å². The van der Waals surface area contributed by atoms with E-state index in [0.29, 0.717) is 24.3 Å². The summed E-state index contributed by atoms with van der Waals surface area (Å²) in [5, 5.41) is 8.52. The lowest BCUT2D eigenvalue weighted by Gasteiger charge is -2.06. The maximum absolute atomic E-state index is 10.9. The van der Waals surface area contributed by atoms with E-state index in [-0.39, 0.29) is 5.75 Å². The Morgan fingerprint density at radius 2 is 2.16 bits per heavy atom. The molecule has 0 aliphatic heterocycles. The predicted octanol–water partition coefficient (Wildman–Crippen LogP) is 1.60. The summed E-state index contributed by atoms with van der Waals surface area (Å²) >= 11 is 0. The molecule has 0 bridgehead atoms. The molecule has 1 rings (SSSR count). The highest BCUT2D eigenvalue weighted by molar-refractivity contribution is 7.90. The van der Waals surface area contributed by atoms with E-state index >= 15 is 0 Å². The van der Waals surface area contributed by atoms with E-state index < -0.39 is 15.8 Å². The molecule has 1 aromatic carbocycles. The Morgan fingerprint density at radius 3 is 2.79 bits per heavy atom. The van der Waals surface area contributed by atoms with Gasteiger partial charge in [0.25, 0.3) is 0 Å². The van der Waals surface area contributed by atoms with Crippen molar-refractivity contribution in [1.82, 2.24) is 0 Å². The molecule has 0 unspecified atom stereocenters. The highest BCUT2D eigenvalue weighted by Gasteiger charge is 2.02. The first kappa shape index (κ1) is 15.2. The smallest absolute Gasteiger partial charge is 0.328 e. The molecule has 104 valence electrons. The third-order valence-electron chi connectivity index (χ3n) is 2.20. The number of hydrogen-bond acceptors (Lipinski definition) is 4. The number of benzene rings is 1. The van der Waals surface area contributed by atoms with Crippen LogP contribution in [0.5, 0.6) is 5.75 Å². The fraction of sp³-hybridized carbons (Fsp3) is 0.308. The topological polar surface area (TPSA) is 80.7 Å². The van der Waals surface area contributed by atoms with Crippen molar-refractivity contribution in [2.75, 3.05) is 18.6 Å². The Bertz CT molecular complexity index is 560. The summed E-state index contributed by atoms with van der Waals surface area (Å²) in [4.78, 5) is 10.4. The summed E-state index contributed by atoms with van der Waals surface area (Å²) in [7, 11) is -2.96. The van der Waals surface area contributed by atoms with Crippen LogP contribution in [0.3, 0.4) is 0 Å². The molecule has 0 aliphatic rings. The van der Waals surface area contributed by atoms with Crippen LogP contribution < -0.4 is 4.74 Å². The van der Waals surface area contributed by atoms with Crippen LogP contribution in [-0.2, 0) is 14.6 Å². The van der Waals surface area contributed by atoms with Gasteiger partial charge in [0.05, 0.1) is 12.4 Å². The van der Waals surface area contributed by atoms with Crippen LogP contribution in [0.1, 0.15) is 12.0 Å². The molecule has 0 saturated heterocycles. The Morgan fingerprint density at radius 1 is 1.42 bits per heavy atom. The van der Waals surface area contributed by atoms with Crippen molar-refractivity contribution in [3.8, 4) is 5.75 Å². The molecule has 5 nitrogen and oxygen atoms in total. The summed E-state index contributed by atoms with van der Waals surface area (Å²) in [6, 6.07) is 6.93. The van der Waals surface area contributed by atoms with Crippen molar-refractivity contribution in [2.24, 2.45) is 0 Å². The van der Waals surface area contributed by atoms with Crippen molar-refractivity contribution in [2.45, 2.75) is 6.42 Å². The number of rotatable bonds is 7. The summed E-state index contributed by atoms with van der Waals surface area (Å²) in [6.45, 7) is 0.305. The molecule has 0 atom stereocenters. The minimum atomic E-state index is -2.96. The Labute approximate surface area is 112 Å². The maximum atomic E-state index is 10.9. The van der Waals surface area contributed by atoms with Gasteiger partial charge in [-0.2, -0.15) is 0 Å². The first-order valence-electron chi connectivity index (χ1n) is 5.68. The second-order valence-corrected chi connectivity index (χ2v) is 6.34. The van der Waals surface area contributed by atoms with E-state index in [0.717, 1.165) is 6.08 Å². The summed E-state index contributed by atoms with van der Waals surface area (Å²) in [6.07, 6.45) is 4.12. The zero-order chi connectivity index (χ0) is 14.3. The summed E-state index contributed by atoms with van der Waals surface area (Å²) < 4.78 is 27.3. The van der Waals surface area contributed by atoms with Gasteiger partial charge in [-0.15, -0.1) is 0 Å². The molecule has 6 heteroatoms. The SMILES string of the molecule is CS(=O)(=O)CCCOc1cccc(C=CC(=O)O)c1. The van der Waals surface area contributed by atoms with E-state index in [1.165, 1.54) is 12.3 Å². The monoisotopic (exact) mass is 284 g/mol. The molecular weight excluding hydrogens is 268 g/mol. The normalized spacial score (nSPS) is 11.6. The molecule has 1 aromatic rings. The Balaban J connectivity index is 2.51. The highest BCUT2D eigenvalue weighted by Crippen LogP contribution is 2.14. The number of carboxylic acid groups (broad SMARTS) is 1. The van der Waals surface area contributed by atoms with E-state index in [1.54, 1.807) is 24.3 Å². The number of hydrogen-bond donors (Lipinski definition) is 1. The van der Waals surface area contributed by atoms with Gasteiger partial charge in [-0.3, -0.25) is 0 Å². The second kappa shape index (κ2) is 6.94. The Hall–Kier alpha value is -1.82. The molecule has 0 fully saturated rings. The molecule has 0 aromatic heterocycles. The van der Waals surface area contributed by atoms with E-state index in [4.69, 9.17) is 9.84 Å². The van der Waals surface area contributed by atoms with Crippen molar-refractivity contribution < 1.29 is 23.1 Å².